The quantitative estimate of drug-likeness (QED) is 0.289. The van der Waals surface area contributed by atoms with Crippen molar-refractivity contribution in [2.75, 3.05) is 66.1 Å². The van der Waals surface area contributed by atoms with Gasteiger partial charge in [0.2, 0.25) is 0 Å². The van der Waals surface area contributed by atoms with Crippen LogP contribution < -0.4 is 35.2 Å². The van der Waals surface area contributed by atoms with Gasteiger partial charge in [-0.2, -0.15) is 0 Å². The van der Waals surface area contributed by atoms with Gasteiger partial charge in [0.05, 0.1) is 24.5 Å². The predicted octanol–water partition coefficient (Wildman–Crippen LogP) is 5.59. The fraction of sp³-hybridized carbons (Fsp3) is 0.188. The van der Waals surface area contributed by atoms with Gasteiger partial charge in [0.25, 0.3) is 11.8 Å². The molecule has 2 heterocycles. The minimum atomic E-state index is -0.196. The number of hydrogen-bond acceptors (Lipinski definition) is 7. The topological polar surface area (TPSA) is 95.2 Å². The third kappa shape index (κ3) is 5.74. The summed E-state index contributed by atoms with van der Waals surface area (Å²) in [6.45, 7) is 2.85. The van der Waals surface area contributed by atoms with E-state index in [4.69, 9.17) is 9.47 Å². The highest BCUT2D eigenvalue weighted by Crippen LogP contribution is 2.33. The van der Waals surface area contributed by atoms with Gasteiger partial charge in [-0.15, -0.1) is 0 Å². The lowest BCUT2D eigenvalue weighted by Crippen LogP contribution is -2.29. The second-order valence-electron chi connectivity index (χ2n) is 10.1. The van der Waals surface area contributed by atoms with E-state index in [0.717, 1.165) is 47.3 Å². The molecule has 0 spiro atoms. The summed E-state index contributed by atoms with van der Waals surface area (Å²) >= 11 is 0. The SMILES string of the molecule is CN1CCOc2cc(C(=O)Nc3ccc(Nc4ccc(NC(=O)c5ccc6c(c5)OCCN6C)cc4)cc3)ccc21. The highest BCUT2D eigenvalue weighted by molar-refractivity contribution is 6.05. The second-order valence-corrected chi connectivity index (χ2v) is 10.1. The van der Waals surface area contributed by atoms with Gasteiger partial charge in [-0.25, -0.2) is 0 Å². The molecule has 0 radical (unpaired) electrons. The molecule has 2 aliphatic rings. The van der Waals surface area contributed by atoms with Crippen LogP contribution in [0.15, 0.2) is 84.9 Å². The van der Waals surface area contributed by atoms with E-state index in [9.17, 15) is 9.59 Å². The van der Waals surface area contributed by atoms with E-state index in [2.05, 4.69) is 25.8 Å². The molecule has 0 atom stereocenters. The maximum Gasteiger partial charge on any atom is 0.255 e. The molecule has 41 heavy (non-hydrogen) atoms. The molecule has 4 aromatic carbocycles. The monoisotopic (exact) mass is 549 g/mol. The van der Waals surface area contributed by atoms with Gasteiger partial charge < -0.3 is 35.2 Å². The molecule has 0 aliphatic carbocycles. The van der Waals surface area contributed by atoms with Crippen LogP contribution in [-0.4, -0.2) is 52.2 Å². The third-order valence-corrected chi connectivity index (χ3v) is 7.21. The largest absolute Gasteiger partial charge is 0.490 e. The number of carbonyl (C=O) groups is 2. The van der Waals surface area contributed by atoms with E-state index in [-0.39, 0.29) is 11.8 Å². The Balaban J connectivity index is 1.04. The van der Waals surface area contributed by atoms with Gasteiger partial charge >= 0.3 is 0 Å². The van der Waals surface area contributed by atoms with E-state index in [1.54, 1.807) is 24.3 Å². The molecule has 0 saturated heterocycles. The van der Waals surface area contributed by atoms with Crippen molar-refractivity contribution in [1.29, 1.82) is 0 Å². The molecular formula is C32H31N5O4. The highest BCUT2D eigenvalue weighted by Gasteiger charge is 2.18. The molecule has 4 aromatic rings. The zero-order valence-electron chi connectivity index (χ0n) is 22.9. The Labute approximate surface area is 238 Å². The number of ether oxygens (including phenoxy) is 2. The summed E-state index contributed by atoms with van der Waals surface area (Å²) in [5, 5.41) is 9.22. The first-order chi connectivity index (χ1) is 19.9. The number of amides is 2. The summed E-state index contributed by atoms with van der Waals surface area (Å²) in [5.41, 5.74) is 6.16. The van der Waals surface area contributed by atoms with Crippen LogP contribution in [-0.2, 0) is 0 Å². The fourth-order valence-corrected chi connectivity index (χ4v) is 4.85. The van der Waals surface area contributed by atoms with Gasteiger partial charge in [0.1, 0.15) is 24.7 Å². The summed E-state index contributed by atoms with van der Waals surface area (Å²) in [5.74, 6) is 1.05. The van der Waals surface area contributed by atoms with E-state index in [1.807, 2.05) is 74.8 Å². The summed E-state index contributed by atoms with van der Waals surface area (Å²) in [6, 6.07) is 26.0. The Morgan fingerprint density at radius 3 is 1.39 bits per heavy atom. The van der Waals surface area contributed by atoms with Crippen molar-refractivity contribution in [1.82, 2.24) is 0 Å². The van der Waals surface area contributed by atoms with Crippen LogP contribution in [0.2, 0.25) is 0 Å². The van der Waals surface area contributed by atoms with E-state index >= 15 is 0 Å². The Kier molecular flexibility index (Phi) is 7.08. The molecule has 9 nitrogen and oxygen atoms in total. The molecule has 2 aliphatic heterocycles. The molecule has 2 amide bonds. The van der Waals surface area contributed by atoms with Crippen molar-refractivity contribution in [2.45, 2.75) is 0 Å². The van der Waals surface area contributed by atoms with Crippen molar-refractivity contribution in [3.8, 4) is 11.5 Å². The average Bonchev–Trinajstić information content (AvgIpc) is 2.99. The number of hydrogen-bond donors (Lipinski definition) is 3. The van der Waals surface area contributed by atoms with Gasteiger partial charge in [-0.3, -0.25) is 9.59 Å². The number of nitrogens with zero attached hydrogens (tertiary/aromatic N) is 2. The average molecular weight is 550 g/mol. The first-order valence-electron chi connectivity index (χ1n) is 13.5. The molecular weight excluding hydrogens is 518 g/mol. The number of likely N-dealkylation sites (N-methyl/N-ethyl adjacent to an activating group) is 2. The highest BCUT2D eigenvalue weighted by atomic mass is 16.5. The summed E-state index contributed by atoms with van der Waals surface area (Å²) < 4.78 is 11.4. The smallest absolute Gasteiger partial charge is 0.255 e. The van der Waals surface area contributed by atoms with Gasteiger partial charge in [0.15, 0.2) is 0 Å². The lowest BCUT2D eigenvalue weighted by molar-refractivity contribution is 0.101. The summed E-state index contributed by atoms with van der Waals surface area (Å²) in [7, 11) is 4.02. The maximum absolute atomic E-state index is 12.8. The summed E-state index contributed by atoms with van der Waals surface area (Å²) in [4.78, 5) is 29.8. The number of fused-ring (bicyclic) bond motifs is 2. The van der Waals surface area contributed by atoms with Crippen molar-refractivity contribution in [2.24, 2.45) is 0 Å². The van der Waals surface area contributed by atoms with Crippen LogP contribution in [0.5, 0.6) is 11.5 Å². The first kappa shape index (κ1) is 26.1. The van der Waals surface area contributed by atoms with Crippen molar-refractivity contribution >= 4 is 45.9 Å². The van der Waals surface area contributed by atoms with E-state index < -0.39 is 0 Å². The first-order valence-corrected chi connectivity index (χ1v) is 13.5. The molecule has 9 heteroatoms. The van der Waals surface area contributed by atoms with Crippen LogP contribution in [0, 0.1) is 0 Å². The standard InChI is InChI=1S/C32H31N5O4/c1-36-15-17-40-29-19-21(3-13-27(29)36)31(38)34-25-9-5-23(6-10-25)33-24-7-11-26(12-8-24)35-32(39)22-4-14-28-30(20-22)41-18-16-37(28)2/h3-14,19-20,33H,15-18H2,1-2H3,(H,34,38)(H,35,39). The lowest BCUT2D eigenvalue weighted by atomic mass is 10.1. The molecule has 0 bridgehead atoms. The lowest BCUT2D eigenvalue weighted by Gasteiger charge is -2.27. The number of benzene rings is 4. The normalized spacial score (nSPS) is 13.7. The van der Waals surface area contributed by atoms with Crippen LogP contribution in [0.25, 0.3) is 0 Å². The number of rotatable bonds is 6. The van der Waals surface area contributed by atoms with Crippen molar-refractivity contribution in [3.63, 3.8) is 0 Å². The minimum Gasteiger partial charge on any atom is -0.490 e. The summed E-state index contributed by atoms with van der Waals surface area (Å²) in [6.07, 6.45) is 0. The Hall–Kier alpha value is -5.18. The van der Waals surface area contributed by atoms with Crippen LogP contribution in [0.3, 0.4) is 0 Å². The zero-order chi connectivity index (χ0) is 28.3. The molecule has 6 rings (SSSR count). The Morgan fingerprint density at radius 1 is 0.585 bits per heavy atom. The third-order valence-electron chi connectivity index (χ3n) is 7.21. The molecule has 0 aromatic heterocycles. The molecule has 0 fully saturated rings. The Bertz CT molecular complexity index is 1470. The molecule has 0 saturated carbocycles. The minimum absolute atomic E-state index is 0.196. The van der Waals surface area contributed by atoms with E-state index in [0.29, 0.717) is 35.7 Å². The van der Waals surface area contributed by atoms with Crippen molar-refractivity contribution in [3.05, 3.63) is 96.1 Å². The van der Waals surface area contributed by atoms with Gasteiger partial charge in [-0.1, -0.05) is 0 Å². The zero-order valence-corrected chi connectivity index (χ0v) is 22.9. The fourth-order valence-electron chi connectivity index (χ4n) is 4.85. The second kappa shape index (κ2) is 11.1. The van der Waals surface area contributed by atoms with Crippen molar-refractivity contribution < 1.29 is 19.1 Å². The molecule has 0 unspecified atom stereocenters. The molecule has 3 N–H and O–H groups in total. The van der Waals surface area contributed by atoms with Gasteiger partial charge in [0, 0.05) is 48.0 Å². The van der Waals surface area contributed by atoms with Crippen LogP contribution >= 0.6 is 0 Å². The van der Waals surface area contributed by atoms with Crippen LogP contribution in [0.1, 0.15) is 20.7 Å². The predicted molar refractivity (Wildman–Crippen MR) is 162 cm³/mol. The Morgan fingerprint density at radius 2 is 0.976 bits per heavy atom. The number of anilines is 6. The van der Waals surface area contributed by atoms with Gasteiger partial charge in [-0.05, 0) is 84.9 Å². The number of carbonyl (C=O) groups excluding carboxylic acids is 2. The number of nitrogens with one attached hydrogen (secondary N) is 3. The van der Waals surface area contributed by atoms with E-state index in [1.165, 1.54) is 0 Å². The maximum atomic E-state index is 12.8. The molecule has 208 valence electrons. The van der Waals surface area contributed by atoms with Crippen LogP contribution in [0.4, 0.5) is 34.1 Å².